The van der Waals surface area contributed by atoms with Gasteiger partial charge in [0, 0.05) is 56.9 Å². The molecule has 0 unspecified atom stereocenters. The molecule has 1 aliphatic carbocycles. The second-order valence-corrected chi connectivity index (χ2v) is 16.7. The van der Waals surface area contributed by atoms with Crippen molar-refractivity contribution in [3.05, 3.63) is 71.9 Å². The number of likely N-dealkylation sites (N-methyl/N-ethyl adjacent to an activating group) is 2. The number of urea groups is 1. The van der Waals surface area contributed by atoms with E-state index in [1.54, 1.807) is 72.4 Å². The van der Waals surface area contributed by atoms with Crippen LogP contribution in [-0.2, 0) is 24.0 Å². The second-order valence-electron chi connectivity index (χ2n) is 16.7. The maximum atomic E-state index is 14.3. The monoisotopic (exact) mass is 841 g/mol. The molecular weight excluding hydrogens is 779 g/mol. The predicted octanol–water partition coefficient (Wildman–Crippen LogP) is 3.46. The molecule has 17 heteroatoms. The molecule has 3 aliphatic rings. The summed E-state index contributed by atoms with van der Waals surface area (Å²) in [5.74, 6) is -1.96. The molecule has 330 valence electrons. The van der Waals surface area contributed by atoms with E-state index in [4.69, 9.17) is 5.73 Å². The van der Waals surface area contributed by atoms with Crippen LogP contribution in [0.2, 0.25) is 0 Å². The summed E-state index contributed by atoms with van der Waals surface area (Å²) in [5, 5.41) is 8.76. The normalized spacial score (nSPS) is 20.6. The lowest BCUT2D eigenvalue weighted by Crippen LogP contribution is -2.67. The SMILES string of the molecule is C/C=C/C=C(\C=C\N1CC(=CN)C(=NC=Nc2ccc(C)nc2)N(C)C1=O)C(=O)N[C@H](C(=O)N1CCC[C@H]1C(=O)NC1(C(=O)N[C@@H](CC(C)C)C(=O)N(C)C)CCC1)C(C)C. The molecule has 61 heavy (non-hydrogen) atoms. The lowest BCUT2D eigenvalue weighted by Gasteiger charge is -2.43. The first-order chi connectivity index (χ1) is 28.9. The third-order valence-electron chi connectivity index (χ3n) is 10.9. The van der Waals surface area contributed by atoms with Crippen molar-refractivity contribution in [2.45, 2.75) is 104 Å². The van der Waals surface area contributed by atoms with Gasteiger partial charge in [-0.15, -0.1) is 0 Å². The van der Waals surface area contributed by atoms with Gasteiger partial charge >= 0.3 is 6.03 Å². The number of aryl methyl sites for hydroxylation is 1. The third kappa shape index (κ3) is 12.0. The van der Waals surface area contributed by atoms with Crippen molar-refractivity contribution in [2.24, 2.45) is 27.6 Å². The summed E-state index contributed by atoms with van der Waals surface area (Å²) in [6, 6.07) is 0.617. The second kappa shape index (κ2) is 21.4. The molecule has 3 atom stereocenters. The standard InChI is InChI=1S/C44H63N11O6/c1-10-11-14-31(18-22-54-26-32(24-45)37(53(9)43(54)61)48-27-47-33-17-16-30(6)46-25-33)38(56)50-36(29(4)5)41(59)55-21-12-15-35(55)39(57)51-44(19-13-20-44)42(60)49-34(23-28(2)3)40(58)52(7)8/h10-11,14,16-18,22,24-25,27-29,34-36H,12-13,15,19-21,23,26,45H2,1-9H3,(H,49,60)(H,50,56)(H,51,57)/b11-10+,22-18+,31-14+,32-24?,47-27?,48-37?/t34-,35-,36-/m0/s1. The van der Waals surface area contributed by atoms with Crippen molar-refractivity contribution < 1.29 is 28.8 Å². The Labute approximate surface area is 359 Å². The largest absolute Gasteiger partial charge is 0.404 e. The van der Waals surface area contributed by atoms with Crippen molar-refractivity contribution in [3.8, 4) is 0 Å². The van der Waals surface area contributed by atoms with Crippen LogP contribution in [0.1, 0.15) is 78.8 Å². The minimum absolute atomic E-state index is 0.0641. The Balaban J connectivity index is 1.47. The van der Waals surface area contributed by atoms with Crippen LogP contribution in [-0.4, -0.2) is 130 Å². The molecule has 1 saturated carbocycles. The number of amidine groups is 1. The number of nitrogens with two attached hydrogens (primary N) is 1. The Morgan fingerprint density at radius 1 is 1.08 bits per heavy atom. The highest BCUT2D eigenvalue weighted by molar-refractivity contribution is 6.12. The quantitative estimate of drug-likeness (QED) is 0.0835. The molecule has 2 saturated heterocycles. The highest BCUT2D eigenvalue weighted by Crippen LogP contribution is 2.33. The van der Waals surface area contributed by atoms with E-state index in [2.05, 4.69) is 30.9 Å². The molecular formula is C44H63N11O6. The van der Waals surface area contributed by atoms with Gasteiger partial charge < -0.3 is 31.5 Å². The van der Waals surface area contributed by atoms with Crippen LogP contribution < -0.4 is 21.7 Å². The van der Waals surface area contributed by atoms with Gasteiger partial charge in [0.1, 0.15) is 35.8 Å². The zero-order valence-electron chi connectivity index (χ0n) is 37.0. The van der Waals surface area contributed by atoms with Crippen LogP contribution in [0.25, 0.3) is 0 Å². The highest BCUT2D eigenvalue weighted by Gasteiger charge is 2.49. The summed E-state index contributed by atoms with van der Waals surface area (Å²) < 4.78 is 0. The van der Waals surface area contributed by atoms with Gasteiger partial charge in [0.05, 0.1) is 18.4 Å². The number of hydrogen-bond donors (Lipinski definition) is 4. The molecule has 17 nitrogen and oxygen atoms in total. The number of rotatable bonds is 16. The summed E-state index contributed by atoms with van der Waals surface area (Å²) in [4.78, 5) is 101. The first-order valence-electron chi connectivity index (χ1n) is 20.9. The molecule has 2 aliphatic heterocycles. The van der Waals surface area contributed by atoms with E-state index >= 15 is 0 Å². The summed E-state index contributed by atoms with van der Waals surface area (Å²) in [6.45, 7) is 11.6. The molecule has 1 aromatic rings. The molecule has 3 fully saturated rings. The van der Waals surface area contributed by atoms with Gasteiger partial charge in [-0.3, -0.25) is 38.8 Å². The fourth-order valence-corrected chi connectivity index (χ4v) is 7.28. The maximum absolute atomic E-state index is 14.3. The number of amides is 7. The average Bonchev–Trinajstić information content (AvgIpc) is 3.70. The van der Waals surface area contributed by atoms with Gasteiger partial charge in [0.15, 0.2) is 0 Å². The molecule has 7 amide bonds. The fourth-order valence-electron chi connectivity index (χ4n) is 7.28. The lowest BCUT2D eigenvalue weighted by atomic mass is 9.75. The van der Waals surface area contributed by atoms with E-state index in [0.29, 0.717) is 55.7 Å². The zero-order valence-corrected chi connectivity index (χ0v) is 37.0. The minimum atomic E-state index is -1.19. The van der Waals surface area contributed by atoms with Crippen LogP contribution in [0.5, 0.6) is 0 Å². The van der Waals surface area contributed by atoms with Crippen molar-refractivity contribution in [1.29, 1.82) is 0 Å². The van der Waals surface area contributed by atoms with Gasteiger partial charge in [-0.05, 0) is 88.5 Å². The van der Waals surface area contributed by atoms with Gasteiger partial charge in [0.2, 0.25) is 23.6 Å². The van der Waals surface area contributed by atoms with Crippen molar-refractivity contribution in [3.63, 3.8) is 0 Å². The maximum Gasteiger partial charge on any atom is 0.329 e. The molecule has 0 radical (unpaired) electrons. The van der Waals surface area contributed by atoms with E-state index < -0.39 is 53.3 Å². The highest BCUT2D eigenvalue weighted by atomic mass is 16.2. The number of allylic oxidation sites excluding steroid dienone is 3. The molecule has 1 aromatic heterocycles. The number of aliphatic imine (C=N–C) groups is 2. The molecule has 3 heterocycles. The summed E-state index contributed by atoms with van der Waals surface area (Å²) >= 11 is 0. The van der Waals surface area contributed by atoms with Crippen LogP contribution in [0.4, 0.5) is 10.5 Å². The van der Waals surface area contributed by atoms with Gasteiger partial charge in [-0.25, -0.2) is 14.8 Å². The van der Waals surface area contributed by atoms with Crippen LogP contribution in [0.3, 0.4) is 0 Å². The van der Waals surface area contributed by atoms with E-state index in [1.807, 2.05) is 26.8 Å². The molecule has 5 N–H and O–H groups in total. The zero-order chi connectivity index (χ0) is 45.0. The molecule has 0 aromatic carbocycles. The number of carbonyl (C=O) groups is 6. The van der Waals surface area contributed by atoms with Crippen molar-refractivity contribution in [1.82, 2.24) is 40.5 Å². The summed E-state index contributed by atoms with van der Waals surface area (Å²) in [5.41, 5.74) is 6.93. The Bertz CT molecular complexity index is 1980. The number of likely N-dealkylation sites (tertiary alicyclic amines) is 1. The molecule has 0 spiro atoms. The van der Waals surface area contributed by atoms with Crippen LogP contribution in [0, 0.1) is 18.8 Å². The Hall–Kier alpha value is -6.13. The number of aromatic nitrogens is 1. The van der Waals surface area contributed by atoms with Crippen molar-refractivity contribution in [2.75, 3.05) is 34.2 Å². The van der Waals surface area contributed by atoms with Crippen molar-refractivity contribution >= 4 is 53.4 Å². The summed E-state index contributed by atoms with van der Waals surface area (Å²) in [7, 11) is 4.83. The van der Waals surface area contributed by atoms with E-state index in [1.165, 1.54) is 44.4 Å². The number of hydrogen-bond acceptors (Lipinski definition) is 9. The van der Waals surface area contributed by atoms with E-state index in [0.717, 1.165) is 12.1 Å². The number of pyridine rings is 1. The minimum Gasteiger partial charge on any atom is -0.404 e. The number of nitrogens with one attached hydrogen (secondary N) is 3. The number of nitrogens with zero attached hydrogens (tertiary/aromatic N) is 7. The van der Waals surface area contributed by atoms with Gasteiger partial charge in [-0.2, -0.15) is 0 Å². The van der Waals surface area contributed by atoms with Crippen LogP contribution >= 0.6 is 0 Å². The predicted molar refractivity (Wildman–Crippen MR) is 235 cm³/mol. The first kappa shape index (κ1) is 47.5. The molecule has 0 bridgehead atoms. The molecule has 4 rings (SSSR count). The lowest BCUT2D eigenvalue weighted by molar-refractivity contribution is -0.146. The Morgan fingerprint density at radius 3 is 2.38 bits per heavy atom. The topological polar surface area (TPSA) is 215 Å². The average molecular weight is 842 g/mol. The first-order valence-corrected chi connectivity index (χ1v) is 20.9. The van der Waals surface area contributed by atoms with E-state index in [-0.39, 0.29) is 29.9 Å². The van der Waals surface area contributed by atoms with Gasteiger partial charge in [-0.1, -0.05) is 39.8 Å². The van der Waals surface area contributed by atoms with E-state index in [9.17, 15) is 28.8 Å². The van der Waals surface area contributed by atoms with Crippen LogP contribution in [0.15, 0.2) is 76.2 Å². The fraction of sp³-hybridized carbons (Fsp3) is 0.523. The number of carbonyl (C=O) groups excluding carboxylic acids is 6. The smallest absolute Gasteiger partial charge is 0.329 e. The Morgan fingerprint density at radius 2 is 1.80 bits per heavy atom. The van der Waals surface area contributed by atoms with Gasteiger partial charge in [0.25, 0.3) is 5.91 Å². The third-order valence-corrected chi connectivity index (χ3v) is 10.9. The summed E-state index contributed by atoms with van der Waals surface area (Å²) in [6.07, 6.45) is 15.2. The Kier molecular flexibility index (Phi) is 16.7.